The number of likely N-dealkylation sites (N-methyl/N-ethyl adjacent to an activating group) is 1. The lowest BCUT2D eigenvalue weighted by molar-refractivity contribution is 0.0945. The molecule has 0 bridgehead atoms. The van der Waals surface area contributed by atoms with Gasteiger partial charge < -0.3 is 15.3 Å². The van der Waals surface area contributed by atoms with Crippen molar-refractivity contribution in [1.82, 2.24) is 10.2 Å². The van der Waals surface area contributed by atoms with E-state index in [-0.39, 0.29) is 11.3 Å². The first kappa shape index (κ1) is 14.4. The second-order valence-electron chi connectivity index (χ2n) is 4.49. The molecule has 0 spiro atoms. The molecule has 5 heteroatoms. The lowest BCUT2D eigenvalue weighted by Gasteiger charge is -2.20. The van der Waals surface area contributed by atoms with Crippen LogP contribution in [0.25, 0.3) is 0 Å². The molecule has 1 aromatic rings. The Morgan fingerprint density at radius 2 is 2.17 bits per heavy atom. The zero-order chi connectivity index (χ0) is 13.7. The summed E-state index contributed by atoms with van der Waals surface area (Å²) in [6.45, 7) is 5.25. The molecule has 0 aromatic heterocycles. The van der Waals surface area contributed by atoms with Crippen LogP contribution in [-0.4, -0.2) is 42.1 Å². The van der Waals surface area contributed by atoms with E-state index in [0.717, 1.165) is 12.1 Å². The highest BCUT2D eigenvalue weighted by Gasteiger charge is 2.12. The van der Waals surface area contributed by atoms with Gasteiger partial charge in [-0.3, -0.25) is 4.79 Å². The van der Waals surface area contributed by atoms with E-state index >= 15 is 0 Å². The molecule has 4 nitrogen and oxygen atoms in total. The molecule has 100 valence electrons. The second kappa shape index (κ2) is 6.35. The third kappa shape index (κ3) is 4.00. The van der Waals surface area contributed by atoms with Crippen LogP contribution in [0.3, 0.4) is 0 Å². The van der Waals surface area contributed by atoms with Crippen LogP contribution in [0.4, 0.5) is 4.39 Å². The molecule has 0 saturated heterocycles. The Labute approximate surface area is 106 Å². The third-order valence-electron chi connectivity index (χ3n) is 2.83. The maximum Gasteiger partial charge on any atom is 0.255 e. The molecule has 1 aromatic carbocycles. The van der Waals surface area contributed by atoms with Crippen molar-refractivity contribution in [3.8, 4) is 5.75 Å². The van der Waals surface area contributed by atoms with Crippen molar-refractivity contribution >= 4 is 5.91 Å². The predicted octanol–water partition coefficient (Wildman–Crippen LogP) is 1.60. The van der Waals surface area contributed by atoms with Crippen molar-refractivity contribution in [2.75, 3.05) is 20.1 Å². The number of amides is 1. The maximum absolute atomic E-state index is 13.0. The summed E-state index contributed by atoms with van der Waals surface area (Å²) in [5, 5.41) is 12.1. The summed E-state index contributed by atoms with van der Waals surface area (Å²) in [5.74, 6) is -1.23. The average molecular weight is 254 g/mol. The van der Waals surface area contributed by atoms with Crippen molar-refractivity contribution in [2.24, 2.45) is 0 Å². The Bertz CT molecular complexity index is 421. The van der Waals surface area contributed by atoms with E-state index in [2.05, 4.69) is 24.1 Å². The molecule has 0 radical (unpaired) electrons. The molecule has 0 aliphatic rings. The number of phenolic OH excluding ortho intramolecular Hbond substituents is 1. The molecule has 0 fully saturated rings. The van der Waals surface area contributed by atoms with E-state index in [0.29, 0.717) is 19.1 Å². The van der Waals surface area contributed by atoms with Gasteiger partial charge in [-0.25, -0.2) is 4.39 Å². The van der Waals surface area contributed by atoms with Gasteiger partial charge >= 0.3 is 0 Å². The van der Waals surface area contributed by atoms with Crippen LogP contribution in [0.1, 0.15) is 24.2 Å². The summed E-state index contributed by atoms with van der Waals surface area (Å²) in [6, 6.07) is 3.70. The fourth-order valence-electron chi connectivity index (χ4n) is 1.39. The molecule has 0 unspecified atom stereocenters. The lowest BCUT2D eigenvalue weighted by atomic mass is 10.2. The van der Waals surface area contributed by atoms with Gasteiger partial charge in [-0.2, -0.15) is 0 Å². The molecular weight excluding hydrogens is 235 g/mol. The molecule has 1 rings (SSSR count). The minimum atomic E-state index is -0.544. The summed E-state index contributed by atoms with van der Waals surface area (Å²) >= 11 is 0. The van der Waals surface area contributed by atoms with Crippen molar-refractivity contribution in [3.05, 3.63) is 29.6 Å². The molecule has 2 N–H and O–H groups in total. The number of nitrogens with zero attached hydrogens (tertiary/aromatic N) is 1. The SMILES string of the molecule is CC(C)N(C)CCNC(=O)c1cc(F)ccc1O. The number of hydrogen-bond donors (Lipinski definition) is 2. The minimum absolute atomic E-state index is 0.0396. The van der Waals surface area contributed by atoms with Crippen LogP contribution in [-0.2, 0) is 0 Å². The van der Waals surface area contributed by atoms with Crippen LogP contribution >= 0.6 is 0 Å². The number of hydrogen-bond acceptors (Lipinski definition) is 3. The van der Waals surface area contributed by atoms with Crippen molar-refractivity contribution in [3.63, 3.8) is 0 Å². The maximum atomic E-state index is 13.0. The van der Waals surface area contributed by atoms with E-state index in [9.17, 15) is 14.3 Å². The molecule has 1 amide bonds. The Hall–Kier alpha value is -1.62. The first-order valence-electron chi connectivity index (χ1n) is 5.88. The molecule has 0 aliphatic heterocycles. The highest BCUT2D eigenvalue weighted by molar-refractivity contribution is 5.96. The van der Waals surface area contributed by atoms with Gasteiger partial charge in [-0.15, -0.1) is 0 Å². The van der Waals surface area contributed by atoms with Crippen LogP contribution < -0.4 is 5.32 Å². The highest BCUT2D eigenvalue weighted by Crippen LogP contribution is 2.17. The molecule has 0 atom stereocenters. The second-order valence-corrected chi connectivity index (χ2v) is 4.49. The Kier molecular flexibility index (Phi) is 5.09. The van der Waals surface area contributed by atoms with E-state index in [1.807, 2.05) is 7.05 Å². The number of rotatable bonds is 5. The van der Waals surface area contributed by atoms with Gasteiger partial charge in [0, 0.05) is 19.1 Å². The number of carbonyl (C=O) groups is 1. The largest absolute Gasteiger partial charge is 0.507 e. The minimum Gasteiger partial charge on any atom is -0.507 e. The lowest BCUT2D eigenvalue weighted by Crippen LogP contribution is -2.36. The van der Waals surface area contributed by atoms with Crippen LogP contribution in [0.2, 0.25) is 0 Å². The third-order valence-corrected chi connectivity index (χ3v) is 2.83. The smallest absolute Gasteiger partial charge is 0.255 e. The topological polar surface area (TPSA) is 52.6 Å². The molecule has 18 heavy (non-hydrogen) atoms. The quantitative estimate of drug-likeness (QED) is 0.839. The van der Waals surface area contributed by atoms with Gasteiger partial charge in [-0.1, -0.05) is 0 Å². The first-order valence-corrected chi connectivity index (χ1v) is 5.88. The van der Waals surface area contributed by atoms with Crippen LogP contribution in [0, 0.1) is 5.82 Å². The number of carbonyl (C=O) groups excluding carboxylic acids is 1. The van der Waals surface area contributed by atoms with E-state index in [1.54, 1.807) is 0 Å². The van der Waals surface area contributed by atoms with Crippen molar-refractivity contribution in [1.29, 1.82) is 0 Å². The van der Waals surface area contributed by atoms with Gasteiger partial charge in [0.05, 0.1) is 5.56 Å². The van der Waals surface area contributed by atoms with Crippen LogP contribution in [0.5, 0.6) is 5.75 Å². The van der Waals surface area contributed by atoms with Crippen LogP contribution in [0.15, 0.2) is 18.2 Å². The van der Waals surface area contributed by atoms with Gasteiger partial charge in [0.25, 0.3) is 5.91 Å². The number of phenols is 1. The zero-order valence-corrected chi connectivity index (χ0v) is 10.9. The van der Waals surface area contributed by atoms with Gasteiger partial charge in [0.1, 0.15) is 11.6 Å². The Morgan fingerprint density at radius 3 is 2.78 bits per heavy atom. The summed E-state index contributed by atoms with van der Waals surface area (Å²) in [4.78, 5) is 13.8. The van der Waals surface area contributed by atoms with E-state index in [4.69, 9.17) is 0 Å². The zero-order valence-electron chi connectivity index (χ0n) is 10.9. The summed E-state index contributed by atoms with van der Waals surface area (Å²) in [6.07, 6.45) is 0. The van der Waals surface area contributed by atoms with Gasteiger partial charge in [-0.05, 0) is 39.1 Å². The summed E-state index contributed by atoms with van der Waals surface area (Å²) in [5.41, 5.74) is -0.0396. The number of nitrogens with one attached hydrogen (secondary N) is 1. The summed E-state index contributed by atoms with van der Waals surface area (Å²) < 4.78 is 13.0. The van der Waals surface area contributed by atoms with Crippen molar-refractivity contribution < 1.29 is 14.3 Å². The Morgan fingerprint density at radius 1 is 1.50 bits per heavy atom. The van der Waals surface area contributed by atoms with Gasteiger partial charge in [0.2, 0.25) is 0 Å². The normalized spacial score (nSPS) is 11.0. The molecule has 0 aliphatic carbocycles. The monoisotopic (exact) mass is 254 g/mol. The van der Waals surface area contributed by atoms with E-state index in [1.165, 1.54) is 6.07 Å². The molecule has 0 saturated carbocycles. The van der Waals surface area contributed by atoms with E-state index < -0.39 is 11.7 Å². The first-order chi connectivity index (χ1) is 8.41. The fraction of sp³-hybridized carbons (Fsp3) is 0.462. The Balaban J connectivity index is 2.53. The standard InChI is InChI=1S/C13H19FN2O2/c1-9(2)16(3)7-6-15-13(18)11-8-10(14)4-5-12(11)17/h4-5,8-9,17H,6-7H2,1-3H3,(H,15,18). The number of aromatic hydroxyl groups is 1. The number of halogens is 1. The molecule has 0 heterocycles. The number of benzene rings is 1. The molecular formula is C13H19FN2O2. The predicted molar refractivity (Wildman–Crippen MR) is 68.2 cm³/mol. The fourth-order valence-corrected chi connectivity index (χ4v) is 1.39. The van der Waals surface area contributed by atoms with Crippen molar-refractivity contribution in [2.45, 2.75) is 19.9 Å². The summed E-state index contributed by atoms with van der Waals surface area (Å²) in [7, 11) is 1.95. The average Bonchev–Trinajstić information content (AvgIpc) is 2.31. The van der Waals surface area contributed by atoms with Gasteiger partial charge in [0.15, 0.2) is 0 Å². The highest BCUT2D eigenvalue weighted by atomic mass is 19.1.